The van der Waals surface area contributed by atoms with Crippen molar-refractivity contribution in [3.05, 3.63) is 0 Å². The molecule has 0 heterocycles. The van der Waals surface area contributed by atoms with E-state index in [1.54, 1.807) is 0 Å². The second-order valence-corrected chi connectivity index (χ2v) is 7.06. The summed E-state index contributed by atoms with van der Waals surface area (Å²) < 4.78 is 0. The second kappa shape index (κ2) is 3.97. The van der Waals surface area contributed by atoms with Gasteiger partial charge < -0.3 is 10.4 Å². The van der Waals surface area contributed by atoms with Crippen molar-refractivity contribution < 1.29 is 14.7 Å². The van der Waals surface area contributed by atoms with E-state index in [0.717, 1.165) is 24.2 Å². The van der Waals surface area contributed by atoms with Crippen LogP contribution in [0.25, 0.3) is 0 Å². The lowest BCUT2D eigenvalue weighted by atomic mass is 9.79. The summed E-state index contributed by atoms with van der Waals surface area (Å²) in [4.78, 5) is 22.9. The molecule has 7 atom stereocenters. The molecule has 0 aromatic heterocycles. The van der Waals surface area contributed by atoms with Gasteiger partial charge in [0, 0.05) is 6.04 Å². The predicted molar refractivity (Wildman–Crippen MR) is 68.2 cm³/mol. The number of amides is 1. The Kier molecular flexibility index (Phi) is 2.45. The van der Waals surface area contributed by atoms with Gasteiger partial charge >= 0.3 is 5.97 Å². The fourth-order valence-corrected chi connectivity index (χ4v) is 5.28. The van der Waals surface area contributed by atoms with Gasteiger partial charge in [-0.1, -0.05) is 6.42 Å². The van der Waals surface area contributed by atoms with Crippen LogP contribution in [0.1, 0.15) is 38.5 Å². The average Bonchev–Trinajstić information content (AvgIpc) is 2.71. The van der Waals surface area contributed by atoms with Crippen molar-refractivity contribution in [1.29, 1.82) is 0 Å². The third-order valence-corrected chi connectivity index (χ3v) is 6.20. The van der Waals surface area contributed by atoms with Crippen molar-refractivity contribution in [2.24, 2.45) is 35.5 Å². The molecule has 7 unspecified atom stereocenters. The molecule has 0 saturated heterocycles. The van der Waals surface area contributed by atoms with E-state index >= 15 is 0 Å². The van der Waals surface area contributed by atoms with Crippen LogP contribution in [0.2, 0.25) is 0 Å². The molecule has 4 saturated carbocycles. The minimum atomic E-state index is -0.816. The molecule has 4 nitrogen and oxygen atoms in total. The van der Waals surface area contributed by atoms with Gasteiger partial charge in [-0.15, -0.1) is 0 Å². The summed E-state index contributed by atoms with van der Waals surface area (Å²) in [5, 5.41) is 12.0. The number of hydrogen-bond donors (Lipinski definition) is 2. The van der Waals surface area contributed by atoms with E-state index in [1.165, 1.54) is 25.7 Å². The van der Waals surface area contributed by atoms with Crippen LogP contribution in [0.4, 0.5) is 0 Å². The minimum absolute atomic E-state index is 0.000466. The highest BCUT2D eigenvalue weighted by molar-refractivity contribution is 5.89. The van der Waals surface area contributed by atoms with E-state index in [2.05, 4.69) is 5.32 Å². The SMILES string of the molecule is O=C(O)C1CC1C(=O)NC1CC2CC1C1CCCC21. The Morgan fingerprint density at radius 1 is 0.947 bits per heavy atom. The molecule has 4 heteroatoms. The van der Waals surface area contributed by atoms with Crippen LogP contribution in [-0.2, 0) is 9.59 Å². The lowest BCUT2D eigenvalue weighted by Gasteiger charge is -2.32. The number of carboxylic acid groups (broad SMARTS) is 1. The lowest BCUT2D eigenvalue weighted by molar-refractivity contribution is -0.140. The van der Waals surface area contributed by atoms with Crippen LogP contribution in [0.15, 0.2) is 0 Å². The van der Waals surface area contributed by atoms with Gasteiger partial charge in [-0.3, -0.25) is 9.59 Å². The second-order valence-electron chi connectivity index (χ2n) is 7.06. The van der Waals surface area contributed by atoms with Gasteiger partial charge in [0.05, 0.1) is 11.8 Å². The molecule has 4 rings (SSSR count). The van der Waals surface area contributed by atoms with Crippen LogP contribution >= 0.6 is 0 Å². The zero-order valence-electron chi connectivity index (χ0n) is 11.0. The molecule has 4 aliphatic carbocycles. The molecule has 104 valence electrons. The van der Waals surface area contributed by atoms with Gasteiger partial charge in [-0.05, 0) is 55.8 Å². The Balaban J connectivity index is 1.38. The van der Waals surface area contributed by atoms with E-state index in [-0.39, 0.29) is 11.8 Å². The summed E-state index contributed by atoms with van der Waals surface area (Å²) in [7, 11) is 0. The summed E-state index contributed by atoms with van der Waals surface area (Å²) in [6.07, 6.45) is 7.09. The number of carboxylic acids is 1. The summed E-state index contributed by atoms with van der Waals surface area (Å²) >= 11 is 0. The van der Waals surface area contributed by atoms with Crippen LogP contribution < -0.4 is 5.32 Å². The first kappa shape index (κ1) is 11.7. The van der Waals surface area contributed by atoms with E-state index in [1.807, 2.05) is 0 Å². The maximum Gasteiger partial charge on any atom is 0.307 e. The predicted octanol–water partition coefficient (Wildman–Crippen LogP) is 1.65. The first-order valence-corrected chi connectivity index (χ1v) is 7.68. The van der Waals surface area contributed by atoms with Crippen molar-refractivity contribution >= 4 is 11.9 Å². The Labute approximate surface area is 112 Å². The number of carbonyl (C=O) groups excluding carboxylic acids is 1. The topological polar surface area (TPSA) is 66.4 Å². The number of carbonyl (C=O) groups is 2. The van der Waals surface area contributed by atoms with Crippen molar-refractivity contribution in [2.45, 2.75) is 44.6 Å². The van der Waals surface area contributed by atoms with Gasteiger partial charge in [0.25, 0.3) is 0 Å². The number of rotatable bonds is 3. The number of fused-ring (bicyclic) bond motifs is 5. The zero-order chi connectivity index (χ0) is 13.1. The molecular formula is C15H21NO3. The number of nitrogens with one attached hydrogen (secondary N) is 1. The van der Waals surface area contributed by atoms with Crippen molar-refractivity contribution in [1.82, 2.24) is 5.32 Å². The molecule has 19 heavy (non-hydrogen) atoms. The highest BCUT2D eigenvalue weighted by atomic mass is 16.4. The standard InChI is InChI=1S/C15H21NO3/c17-14(11-6-12(11)15(18)19)16-13-5-7-4-10(13)9-3-1-2-8(7)9/h7-13H,1-6H2,(H,16,17)(H,18,19). The number of aliphatic carboxylic acids is 1. The van der Waals surface area contributed by atoms with E-state index < -0.39 is 11.9 Å². The Hall–Kier alpha value is -1.06. The van der Waals surface area contributed by atoms with Gasteiger partial charge in [-0.25, -0.2) is 0 Å². The summed E-state index contributed by atoms with van der Waals surface area (Å²) in [6.45, 7) is 0. The van der Waals surface area contributed by atoms with Crippen molar-refractivity contribution in [3.63, 3.8) is 0 Å². The van der Waals surface area contributed by atoms with E-state index in [9.17, 15) is 9.59 Å². The summed E-state index contributed by atoms with van der Waals surface area (Å²) in [5.41, 5.74) is 0. The fourth-order valence-electron chi connectivity index (χ4n) is 5.28. The van der Waals surface area contributed by atoms with Gasteiger partial charge in [0.15, 0.2) is 0 Å². The molecule has 2 N–H and O–H groups in total. The summed E-state index contributed by atoms with van der Waals surface area (Å²) in [5.74, 6) is 1.81. The Morgan fingerprint density at radius 2 is 1.74 bits per heavy atom. The molecule has 0 aromatic carbocycles. The number of hydrogen-bond acceptors (Lipinski definition) is 2. The molecule has 4 fully saturated rings. The monoisotopic (exact) mass is 263 g/mol. The molecule has 0 aromatic rings. The lowest BCUT2D eigenvalue weighted by Crippen LogP contribution is -2.43. The van der Waals surface area contributed by atoms with Gasteiger partial charge in [0.2, 0.25) is 5.91 Å². The third-order valence-electron chi connectivity index (χ3n) is 6.20. The van der Waals surface area contributed by atoms with E-state index in [4.69, 9.17) is 5.11 Å². The highest BCUT2D eigenvalue weighted by Crippen LogP contribution is 2.58. The van der Waals surface area contributed by atoms with Crippen molar-refractivity contribution in [2.75, 3.05) is 0 Å². The molecule has 0 aliphatic heterocycles. The molecule has 0 radical (unpaired) electrons. The first-order chi connectivity index (χ1) is 9.15. The van der Waals surface area contributed by atoms with Crippen LogP contribution in [-0.4, -0.2) is 23.0 Å². The van der Waals surface area contributed by atoms with Crippen LogP contribution in [0.5, 0.6) is 0 Å². The Bertz CT molecular complexity index is 435. The molecule has 1 amide bonds. The zero-order valence-corrected chi connectivity index (χ0v) is 11.0. The molecule has 2 bridgehead atoms. The highest BCUT2D eigenvalue weighted by Gasteiger charge is 2.55. The normalized spacial score (nSPS) is 50.0. The minimum Gasteiger partial charge on any atom is -0.481 e. The molecule has 0 spiro atoms. The maximum absolute atomic E-state index is 12.1. The largest absolute Gasteiger partial charge is 0.481 e. The van der Waals surface area contributed by atoms with Gasteiger partial charge in [0.1, 0.15) is 0 Å². The third kappa shape index (κ3) is 1.72. The van der Waals surface area contributed by atoms with E-state index in [0.29, 0.717) is 18.4 Å². The quantitative estimate of drug-likeness (QED) is 0.813. The smallest absolute Gasteiger partial charge is 0.307 e. The maximum atomic E-state index is 12.1. The average molecular weight is 263 g/mol. The van der Waals surface area contributed by atoms with Crippen LogP contribution in [0.3, 0.4) is 0 Å². The van der Waals surface area contributed by atoms with Gasteiger partial charge in [-0.2, -0.15) is 0 Å². The Morgan fingerprint density at radius 3 is 2.47 bits per heavy atom. The van der Waals surface area contributed by atoms with Crippen LogP contribution in [0, 0.1) is 35.5 Å². The first-order valence-electron chi connectivity index (χ1n) is 7.68. The van der Waals surface area contributed by atoms with Crippen molar-refractivity contribution in [3.8, 4) is 0 Å². The molecular weight excluding hydrogens is 242 g/mol. The molecule has 4 aliphatic rings. The summed E-state index contributed by atoms with van der Waals surface area (Å²) in [6, 6.07) is 0.340. The fraction of sp³-hybridized carbons (Fsp3) is 0.867.